The van der Waals surface area contributed by atoms with Gasteiger partial charge in [0.25, 0.3) is 0 Å². The van der Waals surface area contributed by atoms with Gasteiger partial charge in [-0.25, -0.2) is 0 Å². The molecule has 2 atom stereocenters. The molecule has 5 nitrogen and oxygen atoms in total. The Morgan fingerprint density at radius 1 is 1.16 bits per heavy atom. The zero-order chi connectivity index (χ0) is 21.8. The van der Waals surface area contributed by atoms with Crippen LogP contribution < -0.4 is 9.64 Å². The van der Waals surface area contributed by atoms with Gasteiger partial charge in [-0.1, -0.05) is 77.0 Å². The van der Waals surface area contributed by atoms with Gasteiger partial charge in [0.1, 0.15) is 12.4 Å². The molecule has 1 aliphatic heterocycles. The predicted octanol–water partition coefficient (Wildman–Crippen LogP) is 6.32. The van der Waals surface area contributed by atoms with E-state index in [0.29, 0.717) is 25.9 Å². The Kier molecular flexibility index (Phi) is 7.17. The number of anilines is 1. The van der Waals surface area contributed by atoms with Gasteiger partial charge in [-0.3, -0.25) is 9.69 Å². The molecule has 0 spiro atoms. The topological polar surface area (TPSA) is 55.3 Å². The van der Waals surface area contributed by atoms with Gasteiger partial charge in [-0.05, 0) is 37.1 Å². The van der Waals surface area contributed by atoms with E-state index in [1.165, 1.54) is 11.3 Å². The Morgan fingerprint density at radius 3 is 2.74 bits per heavy atom. The Bertz CT molecular complexity index is 1090. The quantitative estimate of drug-likeness (QED) is 0.386. The van der Waals surface area contributed by atoms with Crippen LogP contribution in [0.5, 0.6) is 5.75 Å². The van der Waals surface area contributed by atoms with Crippen LogP contribution in [0.15, 0.2) is 54.6 Å². The van der Waals surface area contributed by atoms with E-state index in [4.69, 9.17) is 27.9 Å². The van der Waals surface area contributed by atoms with Crippen LogP contribution in [-0.2, 0) is 11.4 Å². The number of thioether (sulfide) groups is 1. The molecule has 1 aliphatic rings. The lowest BCUT2D eigenvalue weighted by Crippen LogP contribution is -2.33. The summed E-state index contributed by atoms with van der Waals surface area (Å²) in [6.45, 7) is 2.14. The number of hydrogen-bond acceptors (Lipinski definition) is 6. The molecule has 1 aromatic heterocycles. The van der Waals surface area contributed by atoms with Crippen molar-refractivity contribution in [1.82, 2.24) is 10.2 Å². The first kappa shape index (κ1) is 22.1. The van der Waals surface area contributed by atoms with E-state index >= 15 is 0 Å². The molecule has 4 rings (SSSR count). The number of halogens is 2. The summed E-state index contributed by atoms with van der Waals surface area (Å²) in [6.07, 6.45) is 4.89. The van der Waals surface area contributed by atoms with Gasteiger partial charge in [-0.15, -0.1) is 22.0 Å². The van der Waals surface area contributed by atoms with E-state index in [2.05, 4.69) is 22.3 Å². The molecule has 0 aliphatic carbocycles. The molecule has 0 saturated carbocycles. The fourth-order valence-corrected chi connectivity index (χ4v) is 5.67. The van der Waals surface area contributed by atoms with Crippen LogP contribution >= 0.6 is 46.3 Å². The zero-order valence-corrected chi connectivity index (χ0v) is 19.7. The average Bonchev–Trinajstić information content (AvgIpc) is 3.32. The molecule has 2 aromatic carbocycles. The van der Waals surface area contributed by atoms with Crippen LogP contribution in [-0.4, -0.2) is 26.7 Å². The van der Waals surface area contributed by atoms with Crippen LogP contribution in [0.4, 0.5) is 5.13 Å². The average molecular weight is 492 g/mol. The molecule has 1 fully saturated rings. The Hall–Kier alpha value is -2.06. The minimum Gasteiger partial charge on any atom is -0.485 e. The number of ether oxygens (including phenoxy) is 1. The second-order valence-electron chi connectivity index (χ2n) is 6.83. The lowest BCUT2D eigenvalue weighted by atomic mass is 10.2. The van der Waals surface area contributed by atoms with E-state index in [1.807, 2.05) is 37.3 Å². The van der Waals surface area contributed by atoms with Crippen molar-refractivity contribution >= 4 is 63.4 Å². The molecular formula is C22H19Cl2N3O2S2. The summed E-state index contributed by atoms with van der Waals surface area (Å²) in [4.78, 5) is 14.5. The number of aromatic nitrogens is 2. The highest BCUT2D eigenvalue weighted by atomic mass is 35.5. The highest BCUT2D eigenvalue weighted by molar-refractivity contribution is 8.01. The summed E-state index contributed by atoms with van der Waals surface area (Å²) < 4.78 is 5.74. The van der Waals surface area contributed by atoms with E-state index in [9.17, 15) is 4.79 Å². The van der Waals surface area contributed by atoms with Crippen molar-refractivity contribution in [2.24, 2.45) is 0 Å². The van der Waals surface area contributed by atoms with Gasteiger partial charge in [0, 0.05) is 5.02 Å². The molecule has 0 radical (unpaired) electrons. The van der Waals surface area contributed by atoms with Crippen molar-refractivity contribution in [3.63, 3.8) is 0 Å². The monoisotopic (exact) mass is 491 g/mol. The smallest absolute Gasteiger partial charge is 0.242 e. The standard InChI is InChI=1S/C22H19Cl2N3O2S2/c1-14-21(28)27(20(30-14)9-5-8-15-6-3-2-4-7-15)22-26-25-19(31-22)13-29-18-11-10-16(23)12-17(18)24/h2-8,10-12,14,20H,9,13H2,1H3/b8-5+. The minimum absolute atomic E-state index is 0.0186. The van der Waals surface area contributed by atoms with Crippen LogP contribution in [0.2, 0.25) is 10.0 Å². The van der Waals surface area contributed by atoms with Crippen molar-refractivity contribution in [2.75, 3.05) is 4.90 Å². The highest BCUT2D eigenvalue weighted by Crippen LogP contribution is 2.39. The third kappa shape index (κ3) is 5.41. The maximum absolute atomic E-state index is 12.8. The largest absolute Gasteiger partial charge is 0.485 e. The second-order valence-corrected chi connectivity index (χ2v) is 10.2. The minimum atomic E-state index is -0.119. The lowest BCUT2D eigenvalue weighted by Gasteiger charge is -2.19. The number of hydrogen-bond donors (Lipinski definition) is 0. The summed E-state index contributed by atoms with van der Waals surface area (Å²) in [5.74, 6) is 0.570. The van der Waals surface area contributed by atoms with Gasteiger partial charge < -0.3 is 4.74 Å². The van der Waals surface area contributed by atoms with Crippen LogP contribution in [0.1, 0.15) is 23.9 Å². The third-order valence-corrected chi connectivity index (χ3v) is 7.34. The SMILES string of the molecule is CC1SC(C/C=C/c2ccccc2)N(c2nnc(COc3ccc(Cl)cc3Cl)s2)C1=O. The van der Waals surface area contributed by atoms with Gasteiger partial charge >= 0.3 is 0 Å². The predicted molar refractivity (Wildman–Crippen MR) is 129 cm³/mol. The van der Waals surface area contributed by atoms with Crippen molar-refractivity contribution in [2.45, 2.75) is 30.6 Å². The fraction of sp³-hybridized carbons (Fsp3) is 0.227. The molecule has 160 valence electrons. The van der Waals surface area contributed by atoms with Crippen molar-refractivity contribution in [1.29, 1.82) is 0 Å². The lowest BCUT2D eigenvalue weighted by molar-refractivity contribution is -0.117. The molecule has 1 saturated heterocycles. The molecule has 1 amide bonds. The van der Waals surface area contributed by atoms with E-state index in [0.717, 1.165) is 12.0 Å². The highest BCUT2D eigenvalue weighted by Gasteiger charge is 2.39. The zero-order valence-electron chi connectivity index (χ0n) is 16.6. The summed E-state index contributed by atoms with van der Waals surface area (Å²) in [5, 5.41) is 10.5. The fourth-order valence-electron chi connectivity index (χ4n) is 3.09. The van der Waals surface area contributed by atoms with E-state index < -0.39 is 0 Å². The second kappa shape index (κ2) is 10.0. The molecule has 2 heterocycles. The van der Waals surface area contributed by atoms with E-state index in [1.54, 1.807) is 34.9 Å². The number of carbonyl (C=O) groups is 1. The number of benzene rings is 2. The molecule has 0 N–H and O–H groups in total. The van der Waals surface area contributed by atoms with Crippen LogP contribution in [0.25, 0.3) is 6.08 Å². The summed E-state index contributed by atoms with van der Waals surface area (Å²) in [5.41, 5.74) is 1.13. The number of nitrogens with zero attached hydrogens (tertiary/aromatic N) is 3. The Morgan fingerprint density at radius 2 is 1.97 bits per heavy atom. The first-order valence-corrected chi connectivity index (χ1v) is 12.1. The van der Waals surface area contributed by atoms with Crippen molar-refractivity contribution in [3.05, 3.63) is 75.2 Å². The Balaban J connectivity index is 1.43. The van der Waals surface area contributed by atoms with E-state index in [-0.39, 0.29) is 23.1 Å². The molecule has 2 unspecified atom stereocenters. The molecule has 0 bridgehead atoms. The first-order valence-electron chi connectivity index (χ1n) is 9.61. The van der Waals surface area contributed by atoms with Gasteiger partial charge in [-0.2, -0.15) is 0 Å². The number of rotatable bonds is 7. The molecular weight excluding hydrogens is 473 g/mol. The number of carbonyl (C=O) groups excluding carboxylic acids is 1. The molecule has 3 aromatic rings. The maximum Gasteiger partial charge on any atom is 0.242 e. The van der Waals surface area contributed by atoms with Gasteiger partial charge in [0.2, 0.25) is 11.0 Å². The van der Waals surface area contributed by atoms with Crippen molar-refractivity contribution in [3.8, 4) is 5.75 Å². The van der Waals surface area contributed by atoms with Gasteiger partial charge in [0.15, 0.2) is 5.01 Å². The summed E-state index contributed by atoms with van der Waals surface area (Å²) >= 11 is 15.0. The summed E-state index contributed by atoms with van der Waals surface area (Å²) in [6, 6.07) is 15.1. The first-order chi connectivity index (χ1) is 15.0. The Labute approximate surface area is 199 Å². The van der Waals surface area contributed by atoms with Crippen molar-refractivity contribution < 1.29 is 9.53 Å². The molecule has 9 heteroatoms. The maximum atomic E-state index is 12.8. The normalized spacial score (nSPS) is 18.8. The number of amides is 1. The summed E-state index contributed by atoms with van der Waals surface area (Å²) in [7, 11) is 0. The van der Waals surface area contributed by atoms with Crippen LogP contribution in [0, 0.1) is 0 Å². The van der Waals surface area contributed by atoms with Gasteiger partial charge in [0.05, 0.1) is 15.6 Å². The molecule has 31 heavy (non-hydrogen) atoms. The third-order valence-electron chi connectivity index (χ3n) is 4.59. The van der Waals surface area contributed by atoms with Crippen LogP contribution in [0.3, 0.4) is 0 Å².